The number of aryl methyl sites for hydroxylation is 1. The number of carbonyl (C=O) groups is 1. The summed E-state index contributed by atoms with van der Waals surface area (Å²) in [6.45, 7) is 4.35. The molecule has 0 aliphatic carbocycles. The summed E-state index contributed by atoms with van der Waals surface area (Å²) in [4.78, 5) is 19.1. The Morgan fingerprint density at radius 2 is 2.41 bits per heavy atom. The fraction of sp³-hybridized carbons (Fsp3) is 0.500. The van der Waals surface area contributed by atoms with Crippen molar-refractivity contribution in [3.05, 3.63) is 35.8 Å². The zero-order valence-electron chi connectivity index (χ0n) is 13.0. The second kappa shape index (κ2) is 6.46. The van der Waals surface area contributed by atoms with E-state index in [1.807, 2.05) is 40.8 Å². The molecule has 3 heterocycles. The fourth-order valence-electron chi connectivity index (χ4n) is 2.80. The minimum absolute atomic E-state index is 0.0157. The second-order valence-corrected chi connectivity index (χ2v) is 5.56. The molecule has 0 aromatic carbocycles. The molecule has 2 aromatic rings. The van der Waals surface area contributed by atoms with Crippen LogP contribution in [-0.4, -0.2) is 59.7 Å². The van der Waals surface area contributed by atoms with Gasteiger partial charge in [-0.2, -0.15) is 0 Å². The molecule has 0 saturated carbocycles. The van der Waals surface area contributed by atoms with Crippen LogP contribution in [0.5, 0.6) is 0 Å². The number of rotatable bonds is 4. The molecule has 2 aromatic heterocycles. The van der Waals surface area contributed by atoms with Crippen LogP contribution in [0, 0.1) is 6.92 Å². The number of fused-ring (bicyclic) bond motifs is 1. The van der Waals surface area contributed by atoms with Crippen molar-refractivity contribution in [3.63, 3.8) is 0 Å². The lowest BCUT2D eigenvalue weighted by atomic mass is 10.1. The van der Waals surface area contributed by atoms with Crippen LogP contribution >= 0.6 is 0 Å². The summed E-state index contributed by atoms with van der Waals surface area (Å²) in [7, 11) is 1.67. The molecule has 0 N–H and O–H groups in total. The zero-order chi connectivity index (χ0) is 15.5. The summed E-state index contributed by atoms with van der Waals surface area (Å²) in [5.74, 6) is 0.0157. The highest BCUT2D eigenvalue weighted by Crippen LogP contribution is 2.16. The van der Waals surface area contributed by atoms with E-state index in [0.717, 1.165) is 12.1 Å². The van der Waals surface area contributed by atoms with Gasteiger partial charge in [-0.05, 0) is 25.5 Å². The number of nitrogens with zero attached hydrogens (tertiary/aromatic N) is 3. The van der Waals surface area contributed by atoms with Gasteiger partial charge in [-0.3, -0.25) is 4.79 Å². The maximum Gasteiger partial charge on any atom is 0.257 e. The number of amides is 1. The van der Waals surface area contributed by atoms with Gasteiger partial charge in [0, 0.05) is 39.2 Å². The standard InChI is InChI=1S/C16H21N3O3/c1-12-10-18-6-3-4-14(15(18)17-12)16(20)19-7-9-22-13(11-19)5-8-21-2/h3-4,6,10,13H,5,7-9,11H2,1-2H3. The molecule has 1 aliphatic heterocycles. The molecule has 118 valence electrons. The third-order valence-electron chi connectivity index (χ3n) is 3.90. The van der Waals surface area contributed by atoms with E-state index < -0.39 is 0 Å². The van der Waals surface area contributed by atoms with Crippen molar-refractivity contribution in [1.82, 2.24) is 14.3 Å². The molecule has 6 heteroatoms. The Hall–Kier alpha value is -1.92. The summed E-state index contributed by atoms with van der Waals surface area (Å²) >= 11 is 0. The second-order valence-electron chi connectivity index (χ2n) is 5.56. The van der Waals surface area contributed by atoms with Gasteiger partial charge in [0.15, 0.2) is 0 Å². The third-order valence-corrected chi connectivity index (χ3v) is 3.90. The van der Waals surface area contributed by atoms with Crippen LogP contribution in [0.3, 0.4) is 0 Å². The molecule has 0 radical (unpaired) electrons. The minimum atomic E-state index is 0.0157. The number of pyridine rings is 1. The average molecular weight is 303 g/mol. The van der Waals surface area contributed by atoms with E-state index in [9.17, 15) is 4.79 Å². The van der Waals surface area contributed by atoms with Gasteiger partial charge in [0.2, 0.25) is 0 Å². The van der Waals surface area contributed by atoms with E-state index >= 15 is 0 Å². The number of morpholine rings is 1. The van der Waals surface area contributed by atoms with Crippen molar-refractivity contribution in [2.75, 3.05) is 33.4 Å². The van der Waals surface area contributed by atoms with Crippen molar-refractivity contribution in [3.8, 4) is 0 Å². The first kappa shape index (κ1) is 15.0. The normalized spacial score (nSPS) is 18.8. The number of imidazole rings is 1. The van der Waals surface area contributed by atoms with Gasteiger partial charge in [0.25, 0.3) is 5.91 Å². The van der Waals surface area contributed by atoms with Crippen LogP contribution in [-0.2, 0) is 9.47 Å². The molecule has 1 atom stereocenters. The largest absolute Gasteiger partial charge is 0.385 e. The maximum atomic E-state index is 12.8. The van der Waals surface area contributed by atoms with Crippen LogP contribution in [0.15, 0.2) is 24.5 Å². The van der Waals surface area contributed by atoms with Crippen molar-refractivity contribution < 1.29 is 14.3 Å². The monoisotopic (exact) mass is 303 g/mol. The average Bonchev–Trinajstić information content (AvgIpc) is 2.92. The van der Waals surface area contributed by atoms with E-state index in [0.29, 0.717) is 37.5 Å². The lowest BCUT2D eigenvalue weighted by Gasteiger charge is -2.33. The van der Waals surface area contributed by atoms with E-state index in [1.54, 1.807) is 7.11 Å². The van der Waals surface area contributed by atoms with Gasteiger partial charge in [-0.15, -0.1) is 0 Å². The summed E-state index contributed by atoms with van der Waals surface area (Å²) in [6.07, 6.45) is 4.67. The number of hydrogen-bond acceptors (Lipinski definition) is 4. The third kappa shape index (κ3) is 2.98. The highest BCUT2D eigenvalue weighted by atomic mass is 16.5. The van der Waals surface area contributed by atoms with E-state index in [2.05, 4.69) is 4.98 Å². The number of methoxy groups -OCH3 is 1. The Labute approximate surface area is 129 Å². The first-order valence-electron chi connectivity index (χ1n) is 7.53. The predicted octanol–water partition coefficient (Wildman–Crippen LogP) is 1.52. The van der Waals surface area contributed by atoms with Crippen molar-refractivity contribution in [1.29, 1.82) is 0 Å². The molecule has 0 bridgehead atoms. The SMILES string of the molecule is COCCC1CN(C(=O)c2cccn3cc(C)nc23)CCO1. The van der Waals surface area contributed by atoms with E-state index in [4.69, 9.17) is 9.47 Å². The molecule has 1 aliphatic rings. The first-order valence-corrected chi connectivity index (χ1v) is 7.53. The lowest BCUT2D eigenvalue weighted by molar-refractivity contribution is -0.0332. The Bertz CT molecular complexity index is 668. The molecule has 1 fully saturated rings. The van der Waals surface area contributed by atoms with Gasteiger partial charge in [0.05, 0.1) is 24.0 Å². The minimum Gasteiger partial charge on any atom is -0.385 e. The summed E-state index contributed by atoms with van der Waals surface area (Å²) in [5, 5.41) is 0. The highest BCUT2D eigenvalue weighted by molar-refractivity contribution is 5.99. The quantitative estimate of drug-likeness (QED) is 0.859. The van der Waals surface area contributed by atoms with Crippen LogP contribution in [0.4, 0.5) is 0 Å². The number of aromatic nitrogens is 2. The van der Waals surface area contributed by atoms with Crippen molar-refractivity contribution in [2.45, 2.75) is 19.4 Å². The predicted molar refractivity (Wildman–Crippen MR) is 82.1 cm³/mol. The van der Waals surface area contributed by atoms with Crippen LogP contribution in [0.2, 0.25) is 0 Å². The first-order chi connectivity index (χ1) is 10.7. The maximum absolute atomic E-state index is 12.8. The van der Waals surface area contributed by atoms with Crippen LogP contribution < -0.4 is 0 Å². The molecule has 1 amide bonds. The highest BCUT2D eigenvalue weighted by Gasteiger charge is 2.26. The van der Waals surface area contributed by atoms with Crippen LogP contribution in [0.1, 0.15) is 22.5 Å². The van der Waals surface area contributed by atoms with Gasteiger partial charge in [0.1, 0.15) is 5.65 Å². The molecule has 1 unspecified atom stereocenters. The molecule has 1 saturated heterocycles. The summed E-state index contributed by atoms with van der Waals surface area (Å²) < 4.78 is 12.7. The Morgan fingerprint density at radius 1 is 1.55 bits per heavy atom. The number of hydrogen-bond donors (Lipinski definition) is 0. The van der Waals surface area contributed by atoms with Crippen LogP contribution in [0.25, 0.3) is 5.65 Å². The molecular formula is C16H21N3O3. The number of ether oxygens (including phenoxy) is 2. The molecule has 22 heavy (non-hydrogen) atoms. The van der Waals surface area contributed by atoms with E-state index in [1.165, 1.54) is 0 Å². The summed E-state index contributed by atoms with van der Waals surface area (Å²) in [5.41, 5.74) is 2.26. The fourth-order valence-corrected chi connectivity index (χ4v) is 2.80. The van der Waals surface area contributed by atoms with Gasteiger partial charge in [-0.25, -0.2) is 4.98 Å². The molecular weight excluding hydrogens is 282 g/mol. The zero-order valence-corrected chi connectivity index (χ0v) is 13.0. The number of carbonyl (C=O) groups excluding carboxylic acids is 1. The molecule has 3 rings (SSSR count). The van der Waals surface area contributed by atoms with Crippen molar-refractivity contribution in [2.24, 2.45) is 0 Å². The molecule has 0 spiro atoms. The Balaban J connectivity index is 1.80. The van der Waals surface area contributed by atoms with Gasteiger partial charge < -0.3 is 18.8 Å². The molecule has 6 nitrogen and oxygen atoms in total. The lowest BCUT2D eigenvalue weighted by Crippen LogP contribution is -2.46. The van der Waals surface area contributed by atoms with E-state index in [-0.39, 0.29) is 12.0 Å². The topological polar surface area (TPSA) is 56.1 Å². The van der Waals surface area contributed by atoms with Gasteiger partial charge in [-0.1, -0.05) is 0 Å². The Morgan fingerprint density at radius 3 is 3.23 bits per heavy atom. The van der Waals surface area contributed by atoms with Gasteiger partial charge >= 0.3 is 0 Å². The summed E-state index contributed by atoms with van der Waals surface area (Å²) in [6, 6.07) is 3.72. The van der Waals surface area contributed by atoms with Crippen molar-refractivity contribution >= 4 is 11.6 Å². The Kier molecular flexibility index (Phi) is 4.40. The smallest absolute Gasteiger partial charge is 0.257 e.